The predicted molar refractivity (Wildman–Crippen MR) is 62.7 cm³/mol. The Balaban J connectivity index is 2.55. The van der Waals surface area contributed by atoms with E-state index >= 15 is 0 Å². The molecule has 0 atom stereocenters. The highest BCUT2D eigenvalue weighted by atomic mass is 16.5. The van der Waals surface area contributed by atoms with E-state index in [9.17, 15) is 4.79 Å². The number of methoxy groups -OCH3 is 1. The molecular weight excluding hydrogens is 204 g/mol. The molecule has 1 aromatic carbocycles. The van der Waals surface area contributed by atoms with Crippen LogP contribution in [0.2, 0.25) is 0 Å². The number of hydrogen-bond acceptors (Lipinski definition) is 4. The number of ether oxygens (including phenoxy) is 1. The lowest BCUT2D eigenvalue weighted by Gasteiger charge is -2.15. The van der Waals surface area contributed by atoms with Crippen LogP contribution in [0.5, 0.6) is 0 Å². The molecule has 0 aromatic heterocycles. The van der Waals surface area contributed by atoms with Crippen LogP contribution in [0.4, 0.5) is 0 Å². The highest BCUT2D eigenvalue weighted by Crippen LogP contribution is 2.07. The second kappa shape index (κ2) is 6.25. The van der Waals surface area contributed by atoms with Crippen molar-refractivity contribution < 1.29 is 9.53 Å². The van der Waals surface area contributed by atoms with Crippen LogP contribution in [0.15, 0.2) is 24.3 Å². The number of rotatable bonds is 5. The fourth-order valence-electron chi connectivity index (χ4n) is 1.51. The van der Waals surface area contributed by atoms with Gasteiger partial charge in [-0.05, 0) is 18.2 Å². The zero-order valence-electron chi connectivity index (χ0n) is 9.77. The molecule has 0 heterocycles. The summed E-state index contributed by atoms with van der Waals surface area (Å²) in [6.45, 7) is 1.54. The van der Waals surface area contributed by atoms with Gasteiger partial charge in [0.1, 0.15) is 0 Å². The lowest BCUT2D eigenvalue weighted by Crippen LogP contribution is -2.26. The van der Waals surface area contributed by atoms with E-state index in [0.717, 1.165) is 11.1 Å². The Labute approximate surface area is 96.0 Å². The summed E-state index contributed by atoms with van der Waals surface area (Å²) in [5.74, 6) is -0.225. The van der Waals surface area contributed by atoms with Crippen LogP contribution in [-0.4, -0.2) is 31.6 Å². The summed E-state index contributed by atoms with van der Waals surface area (Å²) >= 11 is 0. The molecule has 0 aliphatic heterocycles. The fraction of sp³-hybridized carbons (Fsp3) is 0.417. The minimum Gasteiger partial charge on any atom is -0.468 e. The zero-order chi connectivity index (χ0) is 12.0. The molecule has 2 N–H and O–H groups in total. The second-order valence-electron chi connectivity index (χ2n) is 3.77. The number of esters is 1. The molecular formula is C12H18N2O2. The maximum absolute atomic E-state index is 11.1. The smallest absolute Gasteiger partial charge is 0.319 e. The van der Waals surface area contributed by atoms with Gasteiger partial charge in [-0.1, -0.05) is 24.3 Å². The summed E-state index contributed by atoms with van der Waals surface area (Å²) in [5.41, 5.74) is 7.81. The van der Waals surface area contributed by atoms with Gasteiger partial charge in [0.15, 0.2) is 0 Å². The molecule has 0 radical (unpaired) electrons. The number of hydrogen-bond donors (Lipinski definition) is 1. The maximum Gasteiger partial charge on any atom is 0.319 e. The van der Waals surface area contributed by atoms with Crippen LogP contribution in [0.3, 0.4) is 0 Å². The predicted octanol–water partition coefficient (Wildman–Crippen LogP) is 0.750. The van der Waals surface area contributed by atoms with Crippen molar-refractivity contribution in [3.63, 3.8) is 0 Å². The SMILES string of the molecule is COC(=O)CN(C)Cc1cccc(CN)c1. The van der Waals surface area contributed by atoms with Crippen molar-refractivity contribution in [1.29, 1.82) is 0 Å². The van der Waals surface area contributed by atoms with E-state index in [1.165, 1.54) is 7.11 Å². The van der Waals surface area contributed by atoms with Gasteiger partial charge < -0.3 is 10.5 Å². The van der Waals surface area contributed by atoms with Crippen LogP contribution >= 0.6 is 0 Å². The molecule has 4 heteroatoms. The van der Waals surface area contributed by atoms with Gasteiger partial charge in [-0.25, -0.2) is 0 Å². The number of nitrogens with zero attached hydrogens (tertiary/aromatic N) is 1. The molecule has 0 saturated heterocycles. The zero-order valence-corrected chi connectivity index (χ0v) is 9.77. The van der Waals surface area contributed by atoms with E-state index in [-0.39, 0.29) is 5.97 Å². The van der Waals surface area contributed by atoms with Gasteiger partial charge in [-0.3, -0.25) is 9.69 Å². The number of carbonyl (C=O) groups is 1. The summed E-state index contributed by atoms with van der Waals surface area (Å²) in [7, 11) is 3.28. The van der Waals surface area contributed by atoms with E-state index in [0.29, 0.717) is 19.6 Å². The summed E-state index contributed by atoms with van der Waals surface area (Å²) in [5, 5.41) is 0. The fourth-order valence-corrected chi connectivity index (χ4v) is 1.51. The third-order valence-corrected chi connectivity index (χ3v) is 2.31. The number of likely N-dealkylation sites (N-methyl/N-ethyl adjacent to an activating group) is 1. The van der Waals surface area contributed by atoms with Gasteiger partial charge in [0.2, 0.25) is 0 Å². The molecule has 0 fully saturated rings. The van der Waals surface area contributed by atoms with E-state index in [1.807, 2.05) is 36.2 Å². The van der Waals surface area contributed by atoms with Crippen molar-refractivity contribution in [3.8, 4) is 0 Å². The first-order chi connectivity index (χ1) is 7.65. The van der Waals surface area contributed by atoms with Crippen molar-refractivity contribution in [2.24, 2.45) is 5.73 Å². The van der Waals surface area contributed by atoms with Crippen molar-refractivity contribution in [2.75, 3.05) is 20.7 Å². The molecule has 1 rings (SSSR count). The molecule has 16 heavy (non-hydrogen) atoms. The van der Waals surface area contributed by atoms with E-state index < -0.39 is 0 Å². The minimum absolute atomic E-state index is 0.225. The highest BCUT2D eigenvalue weighted by Gasteiger charge is 2.06. The molecule has 0 aliphatic carbocycles. The van der Waals surface area contributed by atoms with Gasteiger partial charge in [0, 0.05) is 13.1 Å². The largest absolute Gasteiger partial charge is 0.468 e. The van der Waals surface area contributed by atoms with Gasteiger partial charge in [0.05, 0.1) is 13.7 Å². The monoisotopic (exact) mass is 222 g/mol. The molecule has 0 saturated carbocycles. The Morgan fingerprint density at radius 3 is 2.75 bits per heavy atom. The first-order valence-corrected chi connectivity index (χ1v) is 5.19. The Hall–Kier alpha value is -1.39. The summed E-state index contributed by atoms with van der Waals surface area (Å²) in [6.07, 6.45) is 0. The maximum atomic E-state index is 11.1. The van der Waals surface area contributed by atoms with E-state index in [4.69, 9.17) is 5.73 Å². The lowest BCUT2D eigenvalue weighted by molar-refractivity contribution is -0.141. The number of benzene rings is 1. The van der Waals surface area contributed by atoms with Crippen LogP contribution in [-0.2, 0) is 22.6 Å². The lowest BCUT2D eigenvalue weighted by atomic mass is 10.1. The average molecular weight is 222 g/mol. The van der Waals surface area contributed by atoms with Crippen LogP contribution in [0.25, 0.3) is 0 Å². The first-order valence-electron chi connectivity index (χ1n) is 5.19. The van der Waals surface area contributed by atoms with Crippen molar-refractivity contribution in [1.82, 2.24) is 4.90 Å². The molecule has 4 nitrogen and oxygen atoms in total. The van der Waals surface area contributed by atoms with E-state index in [1.54, 1.807) is 0 Å². The highest BCUT2D eigenvalue weighted by molar-refractivity contribution is 5.71. The van der Waals surface area contributed by atoms with Crippen LogP contribution in [0, 0.1) is 0 Å². The van der Waals surface area contributed by atoms with E-state index in [2.05, 4.69) is 4.74 Å². The normalized spacial score (nSPS) is 10.5. The minimum atomic E-state index is -0.225. The summed E-state index contributed by atoms with van der Waals surface area (Å²) < 4.78 is 4.60. The Kier molecular flexibility index (Phi) is 4.95. The molecule has 0 unspecified atom stereocenters. The molecule has 0 spiro atoms. The average Bonchev–Trinajstić information content (AvgIpc) is 2.28. The van der Waals surface area contributed by atoms with Gasteiger partial charge >= 0.3 is 5.97 Å². The van der Waals surface area contributed by atoms with Gasteiger partial charge in [-0.2, -0.15) is 0 Å². The number of nitrogens with two attached hydrogens (primary N) is 1. The second-order valence-corrected chi connectivity index (χ2v) is 3.77. The third kappa shape index (κ3) is 4.00. The molecule has 0 aliphatic rings. The molecule has 0 amide bonds. The Morgan fingerprint density at radius 1 is 1.44 bits per heavy atom. The Bertz CT molecular complexity index is 353. The number of carbonyl (C=O) groups excluding carboxylic acids is 1. The topological polar surface area (TPSA) is 55.6 Å². The third-order valence-electron chi connectivity index (χ3n) is 2.31. The van der Waals surface area contributed by atoms with Crippen LogP contribution < -0.4 is 5.73 Å². The molecule has 1 aromatic rings. The first kappa shape index (κ1) is 12.7. The summed E-state index contributed by atoms with van der Waals surface area (Å²) in [4.78, 5) is 13.0. The van der Waals surface area contributed by atoms with Crippen molar-refractivity contribution in [3.05, 3.63) is 35.4 Å². The van der Waals surface area contributed by atoms with Crippen molar-refractivity contribution in [2.45, 2.75) is 13.1 Å². The van der Waals surface area contributed by atoms with Crippen LogP contribution in [0.1, 0.15) is 11.1 Å². The quantitative estimate of drug-likeness (QED) is 0.747. The standard InChI is InChI=1S/C12H18N2O2/c1-14(9-12(15)16-2)8-11-5-3-4-10(6-11)7-13/h3-6H,7-9,13H2,1-2H3. The van der Waals surface area contributed by atoms with Gasteiger partial charge in [0.25, 0.3) is 0 Å². The van der Waals surface area contributed by atoms with Gasteiger partial charge in [-0.15, -0.1) is 0 Å². The molecule has 0 bridgehead atoms. The summed E-state index contributed by atoms with van der Waals surface area (Å²) in [6, 6.07) is 8.04. The van der Waals surface area contributed by atoms with Crippen molar-refractivity contribution >= 4 is 5.97 Å². The Morgan fingerprint density at radius 2 is 2.12 bits per heavy atom. The molecule has 88 valence electrons.